The molecule has 29 heavy (non-hydrogen) atoms. The molecule has 1 fully saturated rings. The number of nitrogens with one attached hydrogen (secondary N) is 2. The highest BCUT2D eigenvalue weighted by molar-refractivity contribution is 6.03. The van der Waals surface area contributed by atoms with Crippen LogP contribution in [0.4, 0.5) is 17.1 Å². The number of amides is 1. The molecule has 1 saturated heterocycles. The summed E-state index contributed by atoms with van der Waals surface area (Å²) in [4.78, 5) is 19.2. The normalized spacial score (nSPS) is 13.3. The van der Waals surface area contributed by atoms with E-state index in [1.807, 2.05) is 18.2 Å². The van der Waals surface area contributed by atoms with Gasteiger partial charge in [0.05, 0.1) is 0 Å². The minimum absolute atomic E-state index is 0.210. The van der Waals surface area contributed by atoms with Gasteiger partial charge in [0.2, 0.25) is 0 Å². The van der Waals surface area contributed by atoms with Gasteiger partial charge in [-0.2, -0.15) is 0 Å². The van der Waals surface area contributed by atoms with E-state index in [9.17, 15) is 4.79 Å². The highest BCUT2D eigenvalue weighted by Crippen LogP contribution is 2.22. The summed E-state index contributed by atoms with van der Waals surface area (Å²) in [5.74, 6) is -0.210. The molecular formula is C24H26N4O. The monoisotopic (exact) mass is 386 g/mol. The third-order valence-electron chi connectivity index (χ3n) is 5.21. The van der Waals surface area contributed by atoms with Gasteiger partial charge in [0, 0.05) is 42.9 Å². The molecule has 0 atom stereocenters. The molecule has 2 aromatic carbocycles. The first-order valence-electron chi connectivity index (χ1n) is 10.1. The van der Waals surface area contributed by atoms with Crippen molar-refractivity contribution in [3.05, 3.63) is 83.7 Å². The third kappa shape index (κ3) is 4.93. The fourth-order valence-corrected chi connectivity index (χ4v) is 3.50. The van der Waals surface area contributed by atoms with E-state index in [0.29, 0.717) is 12.2 Å². The second-order valence-corrected chi connectivity index (χ2v) is 7.46. The van der Waals surface area contributed by atoms with Gasteiger partial charge in [0.15, 0.2) is 0 Å². The molecule has 2 heterocycles. The molecule has 5 nitrogen and oxygen atoms in total. The van der Waals surface area contributed by atoms with E-state index in [0.717, 1.165) is 24.5 Å². The lowest BCUT2D eigenvalue weighted by molar-refractivity contribution is 0.102. The molecule has 1 aromatic heterocycles. The number of anilines is 3. The Morgan fingerprint density at radius 3 is 2.41 bits per heavy atom. The Morgan fingerprint density at radius 1 is 0.966 bits per heavy atom. The van der Waals surface area contributed by atoms with Crippen LogP contribution >= 0.6 is 0 Å². The van der Waals surface area contributed by atoms with Crippen molar-refractivity contribution in [1.29, 1.82) is 0 Å². The summed E-state index contributed by atoms with van der Waals surface area (Å²) < 4.78 is 0. The molecule has 5 heteroatoms. The van der Waals surface area contributed by atoms with Crippen LogP contribution in [0.25, 0.3) is 0 Å². The van der Waals surface area contributed by atoms with Gasteiger partial charge in [-0.3, -0.25) is 9.78 Å². The summed E-state index contributed by atoms with van der Waals surface area (Å²) in [6.45, 7) is 4.99. The van der Waals surface area contributed by atoms with Crippen molar-refractivity contribution in [2.24, 2.45) is 0 Å². The van der Waals surface area contributed by atoms with E-state index < -0.39 is 0 Å². The van der Waals surface area contributed by atoms with Crippen molar-refractivity contribution in [2.45, 2.75) is 26.3 Å². The van der Waals surface area contributed by atoms with Gasteiger partial charge >= 0.3 is 0 Å². The first-order valence-corrected chi connectivity index (χ1v) is 10.1. The zero-order valence-electron chi connectivity index (χ0n) is 16.7. The van der Waals surface area contributed by atoms with Gasteiger partial charge in [0.25, 0.3) is 5.91 Å². The Hall–Kier alpha value is -3.34. The van der Waals surface area contributed by atoms with E-state index in [1.54, 1.807) is 12.3 Å². The molecule has 1 aliphatic rings. The fourth-order valence-electron chi connectivity index (χ4n) is 3.50. The first kappa shape index (κ1) is 19.0. The second-order valence-electron chi connectivity index (χ2n) is 7.46. The average molecular weight is 386 g/mol. The SMILES string of the molecule is Cc1ccc(CNc2ccnc(C(=O)Nc3ccc(N4CCCC4)cc3)c2)cc1. The fraction of sp³-hybridized carbons (Fsp3) is 0.250. The Balaban J connectivity index is 1.37. The zero-order valence-corrected chi connectivity index (χ0v) is 16.7. The summed E-state index contributed by atoms with van der Waals surface area (Å²) in [5.41, 5.74) is 5.68. The lowest BCUT2D eigenvalue weighted by Crippen LogP contribution is -2.17. The maximum atomic E-state index is 12.6. The molecule has 1 amide bonds. The largest absolute Gasteiger partial charge is 0.381 e. The maximum absolute atomic E-state index is 12.6. The van der Waals surface area contributed by atoms with E-state index in [4.69, 9.17) is 0 Å². The van der Waals surface area contributed by atoms with Gasteiger partial charge in [-0.25, -0.2) is 0 Å². The lowest BCUT2D eigenvalue weighted by Gasteiger charge is -2.17. The topological polar surface area (TPSA) is 57.3 Å². The Morgan fingerprint density at radius 2 is 1.69 bits per heavy atom. The molecule has 4 rings (SSSR count). The third-order valence-corrected chi connectivity index (χ3v) is 5.21. The lowest BCUT2D eigenvalue weighted by atomic mass is 10.1. The quantitative estimate of drug-likeness (QED) is 0.636. The van der Waals surface area contributed by atoms with E-state index in [-0.39, 0.29) is 5.91 Å². The van der Waals surface area contributed by atoms with Crippen molar-refractivity contribution in [2.75, 3.05) is 28.6 Å². The van der Waals surface area contributed by atoms with Gasteiger partial charge in [-0.15, -0.1) is 0 Å². The number of hydrogen-bond donors (Lipinski definition) is 2. The molecule has 0 saturated carbocycles. The van der Waals surface area contributed by atoms with Crippen LogP contribution in [0.3, 0.4) is 0 Å². The summed E-state index contributed by atoms with van der Waals surface area (Å²) in [6, 6.07) is 20.1. The average Bonchev–Trinajstić information content (AvgIpc) is 3.29. The molecule has 1 aliphatic heterocycles. The van der Waals surface area contributed by atoms with E-state index in [2.05, 4.69) is 63.8 Å². The molecule has 2 N–H and O–H groups in total. The maximum Gasteiger partial charge on any atom is 0.274 e. The van der Waals surface area contributed by atoms with Crippen LogP contribution < -0.4 is 15.5 Å². The highest BCUT2D eigenvalue weighted by atomic mass is 16.1. The predicted molar refractivity (Wildman–Crippen MR) is 119 cm³/mol. The summed E-state index contributed by atoms with van der Waals surface area (Å²) >= 11 is 0. The van der Waals surface area contributed by atoms with Crippen LogP contribution in [-0.2, 0) is 6.54 Å². The molecule has 148 valence electrons. The molecule has 0 bridgehead atoms. The molecule has 0 radical (unpaired) electrons. The van der Waals surface area contributed by atoms with Gasteiger partial charge < -0.3 is 15.5 Å². The number of carbonyl (C=O) groups is 1. The summed E-state index contributed by atoms with van der Waals surface area (Å²) in [6.07, 6.45) is 4.15. The van der Waals surface area contributed by atoms with Gasteiger partial charge in [-0.1, -0.05) is 29.8 Å². The smallest absolute Gasteiger partial charge is 0.274 e. The summed E-state index contributed by atoms with van der Waals surface area (Å²) in [5, 5.41) is 6.29. The standard InChI is InChI=1S/C24H26N4O/c1-18-4-6-19(7-5-18)17-26-21-12-13-25-23(16-21)24(29)27-20-8-10-22(11-9-20)28-14-2-3-15-28/h4-13,16H,2-3,14-15,17H2,1H3,(H,25,26)(H,27,29). The first-order chi connectivity index (χ1) is 14.2. The van der Waals surface area contributed by atoms with Crippen molar-refractivity contribution in [3.63, 3.8) is 0 Å². The van der Waals surface area contributed by atoms with Crippen LogP contribution in [-0.4, -0.2) is 24.0 Å². The highest BCUT2D eigenvalue weighted by Gasteiger charge is 2.13. The van der Waals surface area contributed by atoms with Crippen molar-refractivity contribution in [1.82, 2.24) is 4.98 Å². The van der Waals surface area contributed by atoms with E-state index in [1.165, 1.54) is 29.7 Å². The van der Waals surface area contributed by atoms with Gasteiger partial charge in [0.1, 0.15) is 5.69 Å². The van der Waals surface area contributed by atoms with Crippen molar-refractivity contribution < 1.29 is 4.79 Å². The minimum atomic E-state index is -0.210. The second kappa shape index (κ2) is 8.78. The van der Waals surface area contributed by atoms with Gasteiger partial charge in [-0.05, 0) is 61.7 Å². The van der Waals surface area contributed by atoms with Crippen LogP contribution in [0.15, 0.2) is 66.9 Å². The number of benzene rings is 2. The Kier molecular flexibility index (Phi) is 5.75. The molecule has 0 unspecified atom stereocenters. The number of hydrogen-bond acceptors (Lipinski definition) is 4. The summed E-state index contributed by atoms with van der Waals surface area (Å²) in [7, 11) is 0. The van der Waals surface area contributed by atoms with Crippen LogP contribution in [0.5, 0.6) is 0 Å². The zero-order chi connectivity index (χ0) is 20.1. The molecular weight excluding hydrogens is 360 g/mol. The number of pyridine rings is 1. The number of nitrogens with zero attached hydrogens (tertiary/aromatic N) is 2. The number of aromatic nitrogens is 1. The number of rotatable bonds is 6. The minimum Gasteiger partial charge on any atom is -0.381 e. The Bertz CT molecular complexity index is 961. The number of aryl methyl sites for hydroxylation is 1. The Labute approximate surface area is 171 Å². The predicted octanol–water partition coefficient (Wildman–Crippen LogP) is 4.85. The molecule has 0 aliphatic carbocycles. The number of carbonyl (C=O) groups excluding carboxylic acids is 1. The van der Waals surface area contributed by atoms with Crippen LogP contribution in [0.1, 0.15) is 34.5 Å². The molecule has 3 aromatic rings. The van der Waals surface area contributed by atoms with Crippen LogP contribution in [0.2, 0.25) is 0 Å². The van der Waals surface area contributed by atoms with E-state index >= 15 is 0 Å². The van der Waals surface area contributed by atoms with Crippen molar-refractivity contribution >= 4 is 23.0 Å². The van der Waals surface area contributed by atoms with Crippen LogP contribution in [0, 0.1) is 6.92 Å². The molecule has 0 spiro atoms. The van der Waals surface area contributed by atoms with Crippen molar-refractivity contribution in [3.8, 4) is 0 Å².